The van der Waals surface area contributed by atoms with Crippen molar-refractivity contribution in [3.05, 3.63) is 0 Å². The summed E-state index contributed by atoms with van der Waals surface area (Å²) in [6.07, 6.45) is 5.22. The third-order valence-corrected chi connectivity index (χ3v) is 2.12. The fourth-order valence-electron chi connectivity index (χ4n) is 1.49. The Hall–Kier alpha value is -0.0800. The zero-order valence-corrected chi connectivity index (χ0v) is 6.29. The Labute approximate surface area is 61.9 Å². The highest BCUT2D eigenvalue weighted by Gasteiger charge is 2.13. The van der Waals surface area contributed by atoms with Gasteiger partial charge in [-0.1, -0.05) is 19.3 Å². The zero-order valence-electron chi connectivity index (χ0n) is 6.29. The average Bonchev–Trinajstić information content (AvgIpc) is 1.83. The molecule has 2 atom stereocenters. The predicted octanol–water partition coefficient (Wildman–Crippen LogP) is 1.06. The first-order valence-electron chi connectivity index (χ1n) is 4.15. The quantitative estimate of drug-likeness (QED) is 0.533. The molecule has 10 heavy (non-hydrogen) atoms. The molecule has 2 nitrogen and oxygen atoms in total. The maximum absolute atomic E-state index is 9.22. The van der Waals surface area contributed by atoms with Crippen molar-refractivity contribution >= 4 is 0 Å². The van der Waals surface area contributed by atoms with Crippen LogP contribution in [0.5, 0.6) is 0 Å². The molecular formula is C8H16O2. The summed E-state index contributed by atoms with van der Waals surface area (Å²) in [5, 5.41) is 18.4. The molecule has 1 rings (SSSR count). The van der Waals surface area contributed by atoms with Crippen LogP contribution in [0.1, 0.15) is 38.5 Å². The normalized spacial score (nSPS) is 36.6. The second kappa shape index (κ2) is 3.94. The molecule has 0 radical (unpaired) electrons. The van der Waals surface area contributed by atoms with Gasteiger partial charge in [-0.05, 0) is 19.3 Å². The average molecular weight is 144 g/mol. The molecule has 0 unspecified atom stereocenters. The van der Waals surface area contributed by atoms with E-state index in [4.69, 9.17) is 0 Å². The second-order valence-electron chi connectivity index (χ2n) is 3.18. The van der Waals surface area contributed by atoms with Gasteiger partial charge in [0.2, 0.25) is 0 Å². The van der Waals surface area contributed by atoms with Gasteiger partial charge in [0.25, 0.3) is 0 Å². The lowest BCUT2D eigenvalue weighted by atomic mass is 9.97. The van der Waals surface area contributed by atoms with E-state index in [0.717, 1.165) is 32.1 Å². The number of aliphatic hydroxyl groups excluding tert-OH is 2. The van der Waals surface area contributed by atoms with Crippen molar-refractivity contribution in [3.63, 3.8) is 0 Å². The lowest BCUT2D eigenvalue weighted by Gasteiger charge is -2.18. The SMILES string of the molecule is O[C@@H]1CCCCC[C@@H](O)C1. The first kappa shape index (κ1) is 8.02. The highest BCUT2D eigenvalue weighted by molar-refractivity contribution is 4.67. The van der Waals surface area contributed by atoms with Crippen LogP contribution >= 0.6 is 0 Å². The third-order valence-electron chi connectivity index (χ3n) is 2.12. The van der Waals surface area contributed by atoms with Crippen molar-refractivity contribution in [2.45, 2.75) is 50.7 Å². The summed E-state index contributed by atoms with van der Waals surface area (Å²) >= 11 is 0. The second-order valence-corrected chi connectivity index (χ2v) is 3.18. The number of hydrogen-bond donors (Lipinski definition) is 2. The van der Waals surface area contributed by atoms with Gasteiger partial charge in [0, 0.05) is 0 Å². The summed E-state index contributed by atoms with van der Waals surface area (Å²) in [4.78, 5) is 0. The maximum Gasteiger partial charge on any atom is 0.0564 e. The van der Waals surface area contributed by atoms with Gasteiger partial charge < -0.3 is 10.2 Å². The van der Waals surface area contributed by atoms with Crippen LogP contribution in [0, 0.1) is 0 Å². The fourth-order valence-corrected chi connectivity index (χ4v) is 1.49. The highest BCUT2D eigenvalue weighted by Crippen LogP contribution is 2.17. The summed E-state index contributed by atoms with van der Waals surface area (Å²) in [6.45, 7) is 0. The molecule has 0 bridgehead atoms. The molecule has 0 aromatic rings. The van der Waals surface area contributed by atoms with Crippen LogP contribution in [-0.2, 0) is 0 Å². The molecule has 0 heterocycles. The molecule has 0 saturated heterocycles. The molecule has 0 aromatic heterocycles. The van der Waals surface area contributed by atoms with Crippen molar-refractivity contribution in [2.24, 2.45) is 0 Å². The van der Waals surface area contributed by atoms with E-state index in [1.807, 2.05) is 0 Å². The molecular weight excluding hydrogens is 128 g/mol. The minimum Gasteiger partial charge on any atom is -0.393 e. The standard InChI is InChI=1S/C8H16O2/c9-7-4-2-1-3-5-8(10)6-7/h7-10H,1-6H2/t7-,8-/m1/s1. The van der Waals surface area contributed by atoms with E-state index in [1.165, 1.54) is 0 Å². The van der Waals surface area contributed by atoms with Crippen molar-refractivity contribution in [2.75, 3.05) is 0 Å². The van der Waals surface area contributed by atoms with Gasteiger partial charge in [0.1, 0.15) is 0 Å². The van der Waals surface area contributed by atoms with Gasteiger partial charge in [0.15, 0.2) is 0 Å². The van der Waals surface area contributed by atoms with Crippen LogP contribution in [0.4, 0.5) is 0 Å². The summed E-state index contributed by atoms with van der Waals surface area (Å²) in [5.41, 5.74) is 0. The van der Waals surface area contributed by atoms with E-state index < -0.39 is 0 Å². The lowest BCUT2D eigenvalue weighted by Crippen LogP contribution is -2.19. The van der Waals surface area contributed by atoms with Crippen molar-refractivity contribution in [1.29, 1.82) is 0 Å². The third kappa shape index (κ3) is 2.67. The van der Waals surface area contributed by atoms with Gasteiger partial charge >= 0.3 is 0 Å². The number of rotatable bonds is 0. The number of hydrogen-bond acceptors (Lipinski definition) is 2. The Balaban J connectivity index is 2.25. The lowest BCUT2D eigenvalue weighted by molar-refractivity contribution is 0.0602. The molecule has 2 N–H and O–H groups in total. The highest BCUT2D eigenvalue weighted by atomic mass is 16.3. The van der Waals surface area contributed by atoms with Gasteiger partial charge in [-0.25, -0.2) is 0 Å². The van der Waals surface area contributed by atoms with Gasteiger partial charge in [-0.3, -0.25) is 0 Å². The first-order valence-corrected chi connectivity index (χ1v) is 4.15. The zero-order chi connectivity index (χ0) is 7.40. The molecule has 0 aromatic carbocycles. The Morgan fingerprint density at radius 1 is 0.800 bits per heavy atom. The molecule has 2 heteroatoms. The molecule has 0 amide bonds. The topological polar surface area (TPSA) is 40.5 Å². The summed E-state index contributed by atoms with van der Waals surface area (Å²) in [6, 6.07) is 0. The summed E-state index contributed by atoms with van der Waals surface area (Å²) < 4.78 is 0. The predicted molar refractivity (Wildman–Crippen MR) is 39.7 cm³/mol. The van der Waals surface area contributed by atoms with E-state index in [1.54, 1.807) is 0 Å². The van der Waals surface area contributed by atoms with Crippen LogP contribution in [0.3, 0.4) is 0 Å². The van der Waals surface area contributed by atoms with E-state index in [-0.39, 0.29) is 12.2 Å². The van der Waals surface area contributed by atoms with Crippen molar-refractivity contribution in [3.8, 4) is 0 Å². The first-order chi connectivity index (χ1) is 4.79. The molecule has 60 valence electrons. The van der Waals surface area contributed by atoms with Crippen LogP contribution < -0.4 is 0 Å². The molecule has 0 spiro atoms. The Morgan fingerprint density at radius 3 is 1.80 bits per heavy atom. The van der Waals surface area contributed by atoms with Gasteiger partial charge in [-0.2, -0.15) is 0 Å². The van der Waals surface area contributed by atoms with E-state index >= 15 is 0 Å². The number of aliphatic hydroxyl groups is 2. The van der Waals surface area contributed by atoms with E-state index in [2.05, 4.69) is 0 Å². The Kier molecular flexibility index (Phi) is 3.16. The molecule has 0 aliphatic heterocycles. The Morgan fingerprint density at radius 2 is 1.30 bits per heavy atom. The van der Waals surface area contributed by atoms with Crippen LogP contribution in [0.15, 0.2) is 0 Å². The van der Waals surface area contributed by atoms with Gasteiger partial charge in [0.05, 0.1) is 12.2 Å². The Bertz CT molecular complexity index is 83.3. The van der Waals surface area contributed by atoms with E-state index in [9.17, 15) is 10.2 Å². The minimum atomic E-state index is -0.254. The summed E-state index contributed by atoms with van der Waals surface area (Å²) in [7, 11) is 0. The molecule has 1 aliphatic carbocycles. The minimum absolute atomic E-state index is 0.254. The van der Waals surface area contributed by atoms with Crippen LogP contribution in [-0.4, -0.2) is 22.4 Å². The van der Waals surface area contributed by atoms with Crippen LogP contribution in [0.25, 0.3) is 0 Å². The van der Waals surface area contributed by atoms with Crippen molar-refractivity contribution in [1.82, 2.24) is 0 Å². The van der Waals surface area contributed by atoms with Gasteiger partial charge in [-0.15, -0.1) is 0 Å². The fraction of sp³-hybridized carbons (Fsp3) is 1.00. The van der Waals surface area contributed by atoms with Crippen LogP contribution in [0.2, 0.25) is 0 Å². The largest absolute Gasteiger partial charge is 0.393 e. The summed E-state index contributed by atoms with van der Waals surface area (Å²) in [5.74, 6) is 0. The monoisotopic (exact) mass is 144 g/mol. The van der Waals surface area contributed by atoms with Crippen molar-refractivity contribution < 1.29 is 10.2 Å². The smallest absolute Gasteiger partial charge is 0.0564 e. The van der Waals surface area contributed by atoms with E-state index in [0.29, 0.717) is 6.42 Å². The molecule has 1 saturated carbocycles. The maximum atomic E-state index is 9.22. The molecule has 1 aliphatic rings. The molecule has 1 fully saturated rings.